The first kappa shape index (κ1) is 15.8. The molecule has 0 fully saturated rings. The number of carboxylic acid groups (broad SMARTS) is 1. The smallest absolute Gasteiger partial charge is 0.378 e. The second-order valence-corrected chi connectivity index (χ2v) is 5.14. The van der Waals surface area contributed by atoms with Gasteiger partial charge in [-0.05, 0) is 28.1 Å². The van der Waals surface area contributed by atoms with Crippen LogP contribution in [0.2, 0.25) is 0 Å². The van der Waals surface area contributed by atoms with Crippen LogP contribution in [0.15, 0.2) is 21.1 Å². The fourth-order valence-electron chi connectivity index (χ4n) is 1.02. The summed E-state index contributed by atoms with van der Waals surface area (Å²) in [6.45, 7) is -1.62. The van der Waals surface area contributed by atoms with Crippen LogP contribution in [-0.2, 0) is 9.53 Å². The number of esters is 1. The quantitative estimate of drug-likeness (QED) is 0.755. The number of alkyl halides is 2. The van der Waals surface area contributed by atoms with E-state index < -0.39 is 30.2 Å². The molecule has 9 heteroatoms. The summed E-state index contributed by atoms with van der Waals surface area (Å²) in [5.41, 5.74) is -0.373. The molecule has 0 unspecified atom stereocenters. The molecule has 1 aromatic carbocycles. The second kappa shape index (κ2) is 5.83. The van der Waals surface area contributed by atoms with Gasteiger partial charge in [0.05, 0.1) is 4.47 Å². The van der Waals surface area contributed by atoms with Crippen molar-refractivity contribution in [3.05, 3.63) is 26.6 Å². The van der Waals surface area contributed by atoms with Gasteiger partial charge in [-0.3, -0.25) is 0 Å². The molecule has 104 valence electrons. The number of rotatable bonds is 4. The zero-order chi connectivity index (χ0) is 14.8. The maximum absolute atomic E-state index is 12.7. The number of hydrogen-bond donors (Lipinski definition) is 2. The Morgan fingerprint density at radius 2 is 1.89 bits per heavy atom. The monoisotopic (exact) mass is 402 g/mol. The summed E-state index contributed by atoms with van der Waals surface area (Å²) in [6.07, 6.45) is 0. The van der Waals surface area contributed by atoms with Crippen molar-refractivity contribution in [1.29, 1.82) is 0 Å². The predicted octanol–water partition coefficient (Wildman–Crippen LogP) is 2.79. The summed E-state index contributed by atoms with van der Waals surface area (Å²) in [5, 5.41) is 17.7. The maximum Gasteiger partial charge on any atom is 0.378 e. The van der Waals surface area contributed by atoms with E-state index in [0.29, 0.717) is 4.47 Å². The molecule has 0 aromatic heterocycles. The van der Waals surface area contributed by atoms with Crippen molar-refractivity contribution >= 4 is 43.8 Å². The topological polar surface area (TPSA) is 83.8 Å². The fraction of sp³-hybridized carbons (Fsp3) is 0.200. The average Bonchev–Trinajstić information content (AvgIpc) is 2.30. The van der Waals surface area contributed by atoms with Crippen LogP contribution in [0.1, 0.15) is 10.4 Å². The first-order valence-corrected chi connectivity index (χ1v) is 6.20. The van der Waals surface area contributed by atoms with E-state index in [0.717, 1.165) is 6.07 Å². The minimum atomic E-state index is -4.19. The highest BCUT2D eigenvalue weighted by atomic mass is 79.9. The molecule has 0 bridgehead atoms. The minimum Gasteiger partial charge on any atom is -0.506 e. The van der Waals surface area contributed by atoms with Crippen LogP contribution in [0, 0.1) is 0 Å². The lowest BCUT2D eigenvalue weighted by molar-refractivity contribution is -0.170. The van der Waals surface area contributed by atoms with E-state index in [4.69, 9.17) is 5.11 Å². The Kier molecular flexibility index (Phi) is 4.86. The lowest BCUT2D eigenvalue weighted by Crippen LogP contribution is -2.34. The number of aromatic hydroxyl groups is 1. The normalized spacial score (nSPS) is 11.2. The molecule has 0 aliphatic rings. The molecular formula is C10H6Br2F2O5. The molecular weight excluding hydrogens is 398 g/mol. The van der Waals surface area contributed by atoms with Crippen LogP contribution in [0.25, 0.3) is 0 Å². The lowest BCUT2D eigenvalue weighted by Gasteiger charge is -2.12. The predicted molar refractivity (Wildman–Crippen MR) is 66.4 cm³/mol. The van der Waals surface area contributed by atoms with Gasteiger partial charge in [0, 0.05) is 4.47 Å². The molecule has 0 amide bonds. The van der Waals surface area contributed by atoms with Gasteiger partial charge in [-0.15, -0.1) is 0 Å². The van der Waals surface area contributed by atoms with Crippen LogP contribution in [0.3, 0.4) is 0 Å². The number of carboxylic acids is 1. The second-order valence-electron chi connectivity index (χ2n) is 3.37. The van der Waals surface area contributed by atoms with Gasteiger partial charge in [-0.1, -0.05) is 15.9 Å². The molecule has 0 radical (unpaired) electrons. The van der Waals surface area contributed by atoms with Crippen LogP contribution >= 0.6 is 31.9 Å². The molecule has 0 saturated heterocycles. The van der Waals surface area contributed by atoms with Crippen molar-refractivity contribution in [3.8, 4) is 5.75 Å². The number of ether oxygens (including phenoxy) is 1. The van der Waals surface area contributed by atoms with Gasteiger partial charge in [-0.2, -0.15) is 8.78 Å². The summed E-state index contributed by atoms with van der Waals surface area (Å²) in [7, 11) is 0. The Labute approximate surface area is 122 Å². The number of hydrogen-bond acceptors (Lipinski definition) is 4. The molecule has 19 heavy (non-hydrogen) atoms. The van der Waals surface area contributed by atoms with E-state index in [2.05, 4.69) is 36.6 Å². The Bertz CT molecular complexity index is 533. The highest BCUT2D eigenvalue weighted by molar-refractivity contribution is 9.11. The summed E-state index contributed by atoms with van der Waals surface area (Å²) in [5.74, 6) is -8.35. The molecule has 0 atom stereocenters. The van der Waals surface area contributed by atoms with Gasteiger partial charge < -0.3 is 14.9 Å². The van der Waals surface area contributed by atoms with Gasteiger partial charge in [-0.25, -0.2) is 9.59 Å². The number of carbonyl (C=O) groups excluding carboxylic acids is 1. The van der Waals surface area contributed by atoms with E-state index in [1.165, 1.54) is 6.07 Å². The molecule has 2 N–H and O–H groups in total. The molecule has 0 saturated carbocycles. The van der Waals surface area contributed by atoms with E-state index in [-0.39, 0.29) is 10.0 Å². The summed E-state index contributed by atoms with van der Waals surface area (Å²) in [4.78, 5) is 21.6. The largest absolute Gasteiger partial charge is 0.506 e. The van der Waals surface area contributed by atoms with Crippen molar-refractivity contribution in [1.82, 2.24) is 0 Å². The first-order valence-electron chi connectivity index (χ1n) is 4.61. The van der Waals surface area contributed by atoms with Crippen LogP contribution in [0.5, 0.6) is 5.75 Å². The SMILES string of the molecule is O=C(OCC(F)(F)C(=O)O)c1cc(Br)cc(Br)c1O. The van der Waals surface area contributed by atoms with Crippen molar-refractivity contribution in [2.45, 2.75) is 5.92 Å². The van der Waals surface area contributed by atoms with Crippen LogP contribution in [-0.4, -0.2) is 34.7 Å². The maximum atomic E-state index is 12.7. The number of benzene rings is 1. The Balaban J connectivity index is 2.88. The van der Waals surface area contributed by atoms with Gasteiger partial charge in [0.1, 0.15) is 11.3 Å². The standard InChI is InChI=1S/C10H6Br2F2O5/c11-4-1-5(7(15)6(12)2-4)8(16)19-3-10(13,14)9(17)18/h1-2,15H,3H2,(H,17,18). The summed E-state index contributed by atoms with van der Waals surface area (Å²) < 4.78 is 30.2. The number of phenols is 1. The first-order chi connectivity index (χ1) is 8.65. The number of carbonyl (C=O) groups is 2. The Morgan fingerprint density at radius 3 is 2.42 bits per heavy atom. The third kappa shape index (κ3) is 3.87. The fourth-order valence-corrected chi connectivity index (χ4v) is 2.24. The van der Waals surface area contributed by atoms with E-state index in [9.17, 15) is 23.5 Å². The van der Waals surface area contributed by atoms with Gasteiger partial charge in [0.25, 0.3) is 0 Å². The van der Waals surface area contributed by atoms with Gasteiger partial charge in [0.15, 0.2) is 6.61 Å². The van der Waals surface area contributed by atoms with Crippen LogP contribution in [0.4, 0.5) is 8.78 Å². The lowest BCUT2D eigenvalue weighted by atomic mass is 10.2. The van der Waals surface area contributed by atoms with Gasteiger partial charge in [0.2, 0.25) is 0 Å². The van der Waals surface area contributed by atoms with Crippen LogP contribution < -0.4 is 0 Å². The number of phenolic OH excluding ortho intramolecular Hbond substituents is 1. The van der Waals surface area contributed by atoms with Crippen molar-refractivity contribution in [3.63, 3.8) is 0 Å². The Hall–Kier alpha value is -1.22. The zero-order valence-corrected chi connectivity index (χ0v) is 12.2. The van der Waals surface area contributed by atoms with E-state index >= 15 is 0 Å². The summed E-state index contributed by atoms with van der Waals surface area (Å²) in [6, 6.07) is 2.58. The minimum absolute atomic E-state index is 0.152. The van der Waals surface area contributed by atoms with E-state index in [1.54, 1.807) is 0 Å². The Morgan fingerprint density at radius 1 is 1.32 bits per heavy atom. The third-order valence-electron chi connectivity index (χ3n) is 1.95. The molecule has 5 nitrogen and oxygen atoms in total. The van der Waals surface area contributed by atoms with Crippen molar-refractivity contribution in [2.24, 2.45) is 0 Å². The molecule has 0 spiro atoms. The highest BCUT2D eigenvalue weighted by Gasteiger charge is 2.40. The number of halogens is 4. The van der Waals surface area contributed by atoms with E-state index in [1.807, 2.05) is 0 Å². The molecule has 0 aliphatic carbocycles. The third-order valence-corrected chi connectivity index (χ3v) is 3.01. The molecule has 0 heterocycles. The zero-order valence-electron chi connectivity index (χ0n) is 8.99. The molecule has 0 aliphatic heterocycles. The molecule has 1 aromatic rings. The summed E-state index contributed by atoms with van der Waals surface area (Å²) >= 11 is 5.99. The van der Waals surface area contributed by atoms with Gasteiger partial charge >= 0.3 is 17.9 Å². The highest BCUT2D eigenvalue weighted by Crippen LogP contribution is 2.32. The molecule has 1 rings (SSSR count). The van der Waals surface area contributed by atoms with Crippen molar-refractivity contribution in [2.75, 3.05) is 6.61 Å². The number of aliphatic carboxylic acids is 1. The average molecular weight is 404 g/mol. The van der Waals surface area contributed by atoms with Crippen molar-refractivity contribution < 1.29 is 33.3 Å².